The zero-order valence-corrected chi connectivity index (χ0v) is 21.1. The molecule has 33 heavy (non-hydrogen) atoms. The Hall–Kier alpha value is -2.27. The van der Waals surface area contributed by atoms with Gasteiger partial charge in [-0.2, -0.15) is 4.31 Å². The number of methoxy groups -OCH3 is 1. The first-order valence-corrected chi connectivity index (χ1v) is 13.3. The van der Waals surface area contributed by atoms with Crippen LogP contribution in [-0.2, 0) is 27.7 Å². The molecule has 1 aromatic heterocycles. The number of benzene rings is 1. The second-order valence-electron chi connectivity index (χ2n) is 8.07. The van der Waals surface area contributed by atoms with Crippen LogP contribution in [-0.4, -0.2) is 63.3 Å². The van der Waals surface area contributed by atoms with Gasteiger partial charge in [0.2, 0.25) is 10.0 Å². The number of sulfonamides is 1. The summed E-state index contributed by atoms with van der Waals surface area (Å²) in [6.45, 7) is 6.31. The largest absolute Gasteiger partial charge is 0.465 e. The van der Waals surface area contributed by atoms with Gasteiger partial charge >= 0.3 is 5.97 Å². The number of hydrogen-bond acceptors (Lipinski definition) is 7. The maximum absolute atomic E-state index is 12.9. The molecule has 0 fully saturated rings. The van der Waals surface area contributed by atoms with Gasteiger partial charge in [-0.3, -0.25) is 4.79 Å². The number of nitrogens with zero attached hydrogens (tertiary/aromatic N) is 2. The summed E-state index contributed by atoms with van der Waals surface area (Å²) in [5, 5.41) is 3.30. The van der Waals surface area contributed by atoms with Crippen LogP contribution in [0, 0.1) is 0 Å². The lowest BCUT2D eigenvalue weighted by Gasteiger charge is -2.22. The lowest BCUT2D eigenvalue weighted by atomic mass is 10.0. The molecule has 0 unspecified atom stereocenters. The van der Waals surface area contributed by atoms with Crippen molar-refractivity contribution >= 4 is 38.2 Å². The van der Waals surface area contributed by atoms with Crippen LogP contribution in [0.1, 0.15) is 57.8 Å². The van der Waals surface area contributed by atoms with E-state index in [1.54, 1.807) is 0 Å². The van der Waals surface area contributed by atoms with Crippen molar-refractivity contribution in [1.82, 2.24) is 9.21 Å². The van der Waals surface area contributed by atoms with Gasteiger partial charge in [0.05, 0.1) is 17.6 Å². The lowest BCUT2D eigenvalue weighted by molar-refractivity contribution is 0.0600. The molecule has 2 aromatic rings. The maximum atomic E-state index is 12.9. The summed E-state index contributed by atoms with van der Waals surface area (Å²) >= 11 is 1.38. The van der Waals surface area contributed by atoms with Gasteiger partial charge in [-0.15, -0.1) is 11.3 Å². The minimum Gasteiger partial charge on any atom is -0.465 e. The van der Waals surface area contributed by atoms with Crippen LogP contribution in [0.4, 0.5) is 5.00 Å². The van der Waals surface area contributed by atoms with Gasteiger partial charge in [-0.05, 0) is 56.1 Å². The molecule has 0 radical (unpaired) electrons. The van der Waals surface area contributed by atoms with E-state index in [2.05, 4.69) is 10.2 Å². The zero-order valence-electron chi connectivity index (χ0n) is 19.5. The molecule has 0 bridgehead atoms. The second-order valence-corrected chi connectivity index (χ2v) is 11.1. The third-order valence-electron chi connectivity index (χ3n) is 5.56. The van der Waals surface area contributed by atoms with E-state index < -0.39 is 21.9 Å². The highest BCUT2D eigenvalue weighted by molar-refractivity contribution is 7.89. The maximum Gasteiger partial charge on any atom is 0.341 e. The Balaban J connectivity index is 1.84. The number of fused-ring (bicyclic) bond motifs is 1. The van der Waals surface area contributed by atoms with Crippen LogP contribution >= 0.6 is 11.3 Å². The average Bonchev–Trinajstić information content (AvgIpc) is 3.15. The molecule has 0 spiro atoms. The first-order chi connectivity index (χ1) is 15.7. The van der Waals surface area contributed by atoms with Crippen LogP contribution in [0.3, 0.4) is 0 Å². The molecular weight excluding hydrogens is 462 g/mol. The van der Waals surface area contributed by atoms with Crippen molar-refractivity contribution in [3.63, 3.8) is 0 Å². The summed E-state index contributed by atoms with van der Waals surface area (Å²) in [5.74, 6) is -0.879. The Morgan fingerprint density at radius 1 is 1.15 bits per heavy atom. The van der Waals surface area contributed by atoms with E-state index >= 15 is 0 Å². The lowest BCUT2D eigenvalue weighted by Crippen LogP contribution is -2.32. The van der Waals surface area contributed by atoms with E-state index in [1.807, 2.05) is 20.9 Å². The van der Waals surface area contributed by atoms with E-state index in [0.29, 0.717) is 42.2 Å². The van der Waals surface area contributed by atoms with Crippen LogP contribution in [0.15, 0.2) is 29.2 Å². The van der Waals surface area contributed by atoms with Crippen molar-refractivity contribution in [2.75, 3.05) is 39.1 Å². The number of thiophene rings is 1. The van der Waals surface area contributed by atoms with E-state index in [4.69, 9.17) is 4.74 Å². The fraction of sp³-hybridized carbons (Fsp3) is 0.478. The van der Waals surface area contributed by atoms with Crippen LogP contribution in [0.2, 0.25) is 0 Å². The van der Waals surface area contributed by atoms with Crippen molar-refractivity contribution in [2.24, 2.45) is 0 Å². The number of rotatable bonds is 9. The molecular formula is C23H31N3O5S2. The van der Waals surface area contributed by atoms with Crippen LogP contribution in [0.25, 0.3) is 0 Å². The highest BCUT2D eigenvalue weighted by Gasteiger charge is 2.29. The average molecular weight is 494 g/mol. The Morgan fingerprint density at radius 3 is 2.36 bits per heavy atom. The number of likely N-dealkylation sites (N-methyl/N-ethyl adjacent to an activating group) is 1. The Morgan fingerprint density at radius 2 is 1.79 bits per heavy atom. The molecule has 10 heteroatoms. The molecule has 0 saturated carbocycles. The summed E-state index contributed by atoms with van der Waals surface area (Å²) < 4.78 is 32.3. The van der Waals surface area contributed by atoms with Gasteiger partial charge in [-0.1, -0.05) is 13.8 Å². The Bertz CT molecular complexity index is 1100. The quantitative estimate of drug-likeness (QED) is 0.537. The molecule has 0 saturated heterocycles. The second kappa shape index (κ2) is 10.8. The van der Waals surface area contributed by atoms with Gasteiger partial charge in [0, 0.05) is 36.6 Å². The fourth-order valence-electron chi connectivity index (χ4n) is 3.89. The number of nitrogens with one attached hydrogen (secondary N) is 1. The van der Waals surface area contributed by atoms with E-state index in [-0.39, 0.29) is 4.90 Å². The van der Waals surface area contributed by atoms with Gasteiger partial charge in [-0.25, -0.2) is 13.2 Å². The highest BCUT2D eigenvalue weighted by atomic mass is 32.2. The number of carbonyl (C=O) groups excluding carboxylic acids is 2. The standard InChI is InChI=1S/C23H31N3O5S2/c1-5-12-26(13-6-2)33(29,30)17-9-7-16(8-10-17)21(27)24-22-20(23(28)31-4)18-11-14-25(3)15-19(18)32-22/h7-10H,5-6,11-15H2,1-4H3,(H,24,27). The van der Waals surface area contributed by atoms with Gasteiger partial charge < -0.3 is 15.0 Å². The first-order valence-electron chi connectivity index (χ1n) is 11.1. The van der Waals surface area contributed by atoms with Crippen molar-refractivity contribution < 1.29 is 22.7 Å². The molecule has 180 valence electrons. The van der Waals surface area contributed by atoms with Crippen molar-refractivity contribution in [3.8, 4) is 0 Å². The van der Waals surface area contributed by atoms with Crippen LogP contribution < -0.4 is 5.32 Å². The van der Waals surface area contributed by atoms with E-state index in [0.717, 1.165) is 29.8 Å². The third-order valence-corrected chi connectivity index (χ3v) is 8.61. The highest BCUT2D eigenvalue weighted by Crippen LogP contribution is 2.37. The monoisotopic (exact) mass is 493 g/mol. The SMILES string of the molecule is CCCN(CCC)S(=O)(=O)c1ccc(C(=O)Nc2sc3c(c2C(=O)OC)CCN(C)C3)cc1. The summed E-state index contributed by atoms with van der Waals surface area (Å²) in [5.41, 5.74) is 1.65. The number of esters is 1. The minimum atomic E-state index is -3.62. The molecule has 0 atom stereocenters. The van der Waals surface area contributed by atoms with Gasteiger partial charge in [0.25, 0.3) is 5.91 Å². The number of amides is 1. The molecule has 1 amide bonds. The number of hydrogen-bond donors (Lipinski definition) is 1. The molecule has 1 N–H and O–H groups in total. The number of anilines is 1. The fourth-order valence-corrected chi connectivity index (χ4v) is 6.83. The Labute approximate surface area is 199 Å². The van der Waals surface area contributed by atoms with Gasteiger partial charge in [0.1, 0.15) is 5.00 Å². The number of carbonyl (C=O) groups is 2. The van der Waals surface area contributed by atoms with Gasteiger partial charge in [0.15, 0.2) is 0 Å². The third kappa shape index (κ3) is 5.46. The van der Waals surface area contributed by atoms with E-state index in [1.165, 1.54) is 47.0 Å². The van der Waals surface area contributed by atoms with Crippen LogP contribution in [0.5, 0.6) is 0 Å². The summed E-state index contributed by atoms with van der Waals surface area (Å²) in [6.07, 6.45) is 2.16. The molecule has 2 heterocycles. The molecule has 1 aromatic carbocycles. The summed E-state index contributed by atoms with van der Waals surface area (Å²) in [6, 6.07) is 5.91. The predicted molar refractivity (Wildman–Crippen MR) is 129 cm³/mol. The molecule has 1 aliphatic heterocycles. The van der Waals surface area contributed by atoms with Crippen molar-refractivity contribution in [2.45, 2.75) is 44.6 Å². The Kier molecular flexibility index (Phi) is 8.28. The first kappa shape index (κ1) is 25.4. The zero-order chi connectivity index (χ0) is 24.2. The van der Waals surface area contributed by atoms with Crippen molar-refractivity contribution in [3.05, 3.63) is 45.8 Å². The topological polar surface area (TPSA) is 96.0 Å². The molecule has 1 aliphatic rings. The summed E-state index contributed by atoms with van der Waals surface area (Å²) in [4.78, 5) is 28.7. The summed E-state index contributed by atoms with van der Waals surface area (Å²) in [7, 11) is -0.281. The smallest absolute Gasteiger partial charge is 0.341 e. The molecule has 0 aliphatic carbocycles. The molecule has 3 rings (SSSR count). The number of ether oxygens (including phenoxy) is 1. The minimum absolute atomic E-state index is 0.158. The predicted octanol–water partition coefficient (Wildman–Crippen LogP) is 3.59. The normalized spacial score (nSPS) is 14.2. The van der Waals surface area contributed by atoms with Crippen molar-refractivity contribution in [1.29, 1.82) is 0 Å². The molecule has 8 nitrogen and oxygen atoms in total. The van der Waals surface area contributed by atoms with E-state index in [9.17, 15) is 18.0 Å².